The second-order valence-corrected chi connectivity index (χ2v) is 9.02. The molecule has 0 heterocycles. The minimum Gasteiger partial charge on any atom is -0.325 e. The minimum atomic E-state index is -4.02. The van der Waals surface area contributed by atoms with E-state index in [1.54, 1.807) is 24.3 Å². The van der Waals surface area contributed by atoms with Crippen molar-refractivity contribution in [3.63, 3.8) is 0 Å². The number of halogens is 1. The monoisotopic (exact) mass is 426 g/mol. The maximum atomic E-state index is 13.3. The van der Waals surface area contributed by atoms with Gasteiger partial charge in [0, 0.05) is 12.2 Å². The first kappa shape index (κ1) is 21.7. The molecule has 5 nitrogen and oxygen atoms in total. The summed E-state index contributed by atoms with van der Waals surface area (Å²) in [4.78, 5) is 12.7. The Morgan fingerprint density at radius 1 is 0.967 bits per heavy atom. The number of nitrogens with zero attached hydrogens (tertiary/aromatic N) is 1. The summed E-state index contributed by atoms with van der Waals surface area (Å²) in [5.74, 6) is -0.985. The number of anilines is 1. The van der Waals surface area contributed by atoms with Crippen LogP contribution in [0.1, 0.15) is 16.7 Å². The first-order valence-electron chi connectivity index (χ1n) is 9.42. The smallest absolute Gasteiger partial charge is 0.243 e. The molecule has 0 spiro atoms. The number of carbonyl (C=O) groups excluding carboxylic acids is 1. The summed E-state index contributed by atoms with van der Waals surface area (Å²) < 4.78 is 40.7. The zero-order valence-electron chi connectivity index (χ0n) is 16.8. The van der Waals surface area contributed by atoms with Gasteiger partial charge in [-0.1, -0.05) is 42.5 Å². The van der Waals surface area contributed by atoms with Crippen LogP contribution in [0.3, 0.4) is 0 Å². The third kappa shape index (κ3) is 5.31. The summed E-state index contributed by atoms with van der Waals surface area (Å²) >= 11 is 0. The molecule has 0 aliphatic heterocycles. The second-order valence-electron chi connectivity index (χ2n) is 7.08. The molecule has 3 rings (SSSR count). The molecule has 3 aromatic rings. The number of carbonyl (C=O) groups is 1. The number of hydrogen-bond donors (Lipinski definition) is 1. The Morgan fingerprint density at radius 3 is 2.30 bits per heavy atom. The van der Waals surface area contributed by atoms with Gasteiger partial charge in [-0.05, 0) is 60.9 Å². The lowest BCUT2D eigenvalue weighted by Gasteiger charge is -2.22. The summed E-state index contributed by atoms with van der Waals surface area (Å²) in [5.41, 5.74) is 3.24. The molecule has 0 saturated heterocycles. The highest BCUT2D eigenvalue weighted by molar-refractivity contribution is 7.89. The van der Waals surface area contributed by atoms with Crippen molar-refractivity contribution in [1.82, 2.24) is 4.31 Å². The zero-order valence-corrected chi connectivity index (χ0v) is 17.6. The maximum Gasteiger partial charge on any atom is 0.243 e. The van der Waals surface area contributed by atoms with Crippen molar-refractivity contribution >= 4 is 21.6 Å². The van der Waals surface area contributed by atoms with Crippen LogP contribution < -0.4 is 5.32 Å². The average Bonchev–Trinajstić information content (AvgIpc) is 2.71. The molecule has 0 radical (unpaired) electrons. The van der Waals surface area contributed by atoms with Crippen LogP contribution in [0.5, 0.6) is 0 Å². The molecule has 0 atom stereocenters. The van der Waals surface area contributed by atoms with Gasteiger partial charge >= 0.3 is 0 Å². The Bertz CT molecular complexity index is 1130. The van der Waals surface area contributed by atoms with Gasteiger partial charge < -0.3 is 5.32 Å². The topological polar surface area (TPSA) is 66.5 Å². The average molecular weight is 427 g/mol. The number of amides is 1. The predicted octanol–water partition coefficient (Wildman–Crippen LogP) is 4.27. The highest BCUT2D eigenvalue weighted by Crippen LogP contribution is 2.20. The standard InChI is InChI=1S/C23H23FN2O3S/c1-17-8-9-18(2)22(14-17)25-23(27)16-26(15-19-6-4-3-5-7-19)30(28,29)21-12-10-20(24)11-13-21/h3-14H,15-16H2,1-2H3,(H,25,27). The number of aryl methyl sites for hydroxylation is 2. The summed E-state index contributed by atoms with van der Waals surface area (Å²) in [6.45, 7) is 3.42. The van der Waals surface area contributed by atoms with Crippen LogP contribution in [0.2, 0.25) is 0 Å². The lowest BCUT2D eigenvalue weighted by Crippen LogP contribution is -2.37. The quantitative estimate of drug-likeness (QED) is 0.614. The van der Waals surface area contributed by atoms with Gasteiger partial charge in [0.15, 0.2) is 0 Å². The van der Waals surface area contributed by atoms with Gasteiger partial charge in [0.05, 0.1) is 11.4 Å². The normalized spacial score (nSPS) is 11.5. The molecular weight excluding hydrogens is 403 g/mol. The highest BCUT2D eigenvalue weighted by atomic mass is 32.2. The molecule has 0 bridgehead atoms. The van der Waals surface area contributed by atoms with E-state index < -0.39 is 21.7 Å². The van der Waals surface area contributed by atoms with Crippen LogP contribution in [-0.2, 0) is 21.4 Å². The van der Waals surface area contributed by atoms with E-state index in [1.165, 1.54) is 12.1 Å². The van der Waals surface area contributed by atoms with Crippen LogP contribution in [0.15, 0.2) is 77.7 Å². The van der Waals surface area contributed by atoms with E-state index in [0.717, 1.165) is 33.1 Å². The zero-order chi connectivity index (χ0) is 21.7. The fraction of sp³-hybridized carbons (Fsp3) is 0.174. The van der Waals surface area contributed by atoms with Crippen LogP contribution in [0.25, 0.3) is 0 Å². The van der Waals surface area contributed by atoms with E-state index in [-0.39, 0.29) is 18.0 Å². The van der Waals surface area contributed by atoms with Gasteiger partial charge in [-0.25, -0.2) is 12.8 Å². The summed E-state index contributed by atoms with van der Waals surface area (Å²) in [6, 6.07) is 19.2. The number of nitrogens with one attached hydrogen (secondary N) is 1. The molecule has 0 aliphatic carbocycles. The Labute approximate surface area is 176 Å². The first-order chi connectivity index (χ1) is 14.3. The van der Waals surface area contributed by atoms with Crippen LogP contribution in [0.4, 0.5) is 10.1 Å². The Hall–Kier alpha value is -3.03. The van der Waals surface area contributed by atoms with Gasteiger partial charge in [0.25, 0.3) is 0 Å². The fourth-order valence-corrected chi connectivity index (χ4v) is 4.37. The molecule has 0 saturated carbocycles. The van der Waals surface area contributed by atoms with Crippen LogP contribution in [0, 0.1) is 19.7 Å². The van der Waals surface area contributed by atoms with E-state index in [4.69, 9.17) is 0 Å². The Kier molecular flexibility index (Phi) is 6.64. The number of hydrogen-bond acceptors (Lipinski definition) is 3. The molecule has 30 heavy (non-hydrogen) atoms. The van der Waals surface area contributed by atoms with Crippen molar-refractivity contribution in [3.05, 3.63) is 95.3 Å². The lowest BCUT2D eigenvalue weighted by molar-refractivity contribution is -0.116. The molecular formula is C23H23FN2O3S. The maximum absolute atomic E-state index is 13.3. The fourth-order valence-electron chi connectivity index (χ4n) is 2.99. The van der Waals surface area contributed by atoms with Crippen molar-refractivity contribution in [2.45, 2.75) is 25.3 Å². The van der Waals surface area contributed by atoms with Crippen molar-refractivity contribution in [1.29, 1.82) is 0 Å². The number of sulfonamides is 1. The molecule has 0 aromatic heterocycles. The third-order valence-electron chi connectivity index (χ3n) is 4.64. The van der Waals surface area contributed by atoms with Gasteiger partial charge in [-0.2, -0.15) is 4.31 Å². The van der Waals surface area contributed by atoms with E-state index in [1.807, 2.05) is 38.1 Å². The largest absolute Gasteiger partial charge is 0.325 e. The molecule has 156 valence electrons. The minimum absolute atomic E-state index is 0.0147. The Balaban J connectivity index is 1.88. The van der Waals surface area contributed by atoms with Gasteiger partial charge in [-0.3, -0.25) is 4.79 Å². The van der Waals surface area contributed by atoms with Crippen LogP contribution >= 0.6 is 0 Å². The SMILES string of the molecule is Cc1ccc(C)c(NC(=O)CN(Cc2ccccc2)S(=O)(=O)c2ccc(F)cc2)c1. The molecule has 1 amide bonds. The highest BCUT2D eigenvalue weighted by Gasteiger charge is 2.27. The van der Waals surface area contributed by atoms with E-state index in [9.17, 15) is 17.6 Å². The van der Waals surface area contributed by atoms with E-state index >= 15 is 0 Å². The van der Waals surface area contributed by atoms with Crippen molar-refractivity contribution < 1.29 is 17.6 Å². The predicted molar refractivity (Wildman–Crippen MR) is 115 cm³/mol. The van der Waals surface area contributed by atoms with E-state index in [2.05, 4.69) is 5.32 Å². The van der Waals surface area contributed by atoms with E-state index in [0.29, 0.717) is 5.69 Å². The summed E-state index contributed by atoms with van der Waals surface area (Å²) in [5, 5.41) is 2.79. The molecule has 7 heteroatoms. The molecule has 0 aliphatic rings. The number of rotatable bonds is 7. The molecule has 1 N–H and O–H groups in total. The summed E-state index contributed by atoms with van der Waals surface area (Å²) in [6.07, 6.45) is 0. The number of benzene rings is 3. The van der Waals surface area contributed by atoms with Crippen molar-refractivity contribution in [2.75, 3.05) is 11.9 Å². The Morgan fingerprint density at radius 2 is 1.63 bits per heavy atom. The van der Waals surface area contributed by atoms with Gasteiger partial charge in [0.2, 0.25) is 15.9 Å². The van der Waals surface area contributed by atoms with Gasteiger partial charge in [-0.15, -0.1) is 0 Å². The lowest BCUT2D eigenvalue weighted by atomic mass is 10.1. The second kappa shape index (κ2) is 9.19. The van der Waals surface area contributed by atoms with Crippen molar-refractivity contribution in [2.24, 2.45) is 0 Å². The third-order valence-corrected chi connectivity index (χ3v) is 6.45. The molecule has 3 aromatic carbocycles. The summed E-state index contributed by atoms with van der Waals surface area (Å²) in [7, 11) is -4.02. The molecule has 0 fully saturated rings. The first-order valence-corrected chi connectivity index (χ1v) is 10.9. The van der Waals surface area contributed by atoms with Gasteiger partial charge in [0.1, 0.15) is 5.82 Å². The van der Waals surface area contributed by atoms with Crippen LogP contribution in [-0.4, -0.2) is 25.2 Å². The molecule has 0 unspecified atom stereocenters. The van der Waals surface area contributed by atoms with Crippen molar-refractivity contribution in [3.8, 4) is 0 Å².